The molecule has 0 aliphatic carbocycles. The molecule has 4 rings (SSSR count). The SMILES string of the molecule is Oc1[nH]c2cc(Cl)ccc2c1C=Nc1ccc(N2CCCC2)cc1. The minimum atomic E-state index is 0.102. The first kappa shape index (κ1) is 15.1. The fraction of sp³-hybridized carbons (Fsp3) is 0.211. The molecule has 122 valence electrons. The third-order valence-corrected chi connectivity index (χ3v) is 4.68. The molecule has 0 radical (unpaired) electrons. The maximum absolute atomic E-state index is 10.1. The first-order valence-electron chi connectivity index (χ1n) is 8.10. The molecule has 3 aromatic rings. The highest BCUT2D eigenvalue weighted by atomic mass is 35.5. The molecule has 0 amide bonds. The van der Waals surface area contributed by atoms with Crippen molar-refractivity contribution in [1.82, 2.24) is 4.98 Å². The summed E-state index contributed by atoms with van der Waals surface area (Å²) >= 11 is 5.98. The lowest BCUT2D eigenvalue weighted by molar-refractivity contribution is 0.457. The summed E-state index contributed by atoms with van der Waals surface area (Å²) in [5, 5.41) is 11.6. The Kier molecular flexibility index (Phi) is 3.90. The number of benzene rings is 2. The second kappa shape index (κ2) is 6.21. The molecule has 0 bridgehead atoms. The number of H-pyrrole nitrogens is 1. The van der Waals surface area contributed by atoms with Crippen molar-refractivity contribution in [3.8, 4) is 5.88 Å². The summed E-state index contributed by atoms with van der Waals surface area (Å²) in [6.45, 7) is 2.27. The number of aliphatic imine (C=N–C) groups is 1. The predicted molar refractivity (Wildman–Crippen MR) is 100 cm³/mol. The molecule has 0 saturated carbocycles. The maximum Gasteiger partial charge on any atom is 0.198 e. The van der Waals surface area contributed by atoms with Gasteiger partial charge in [-0.15, -0.1) is 0 Å². The molecule has 1 aromatic heterocycles. The molecular formula is C19H18ClN3O. The monoisotopic (exact) mass is 339 g/mol. The van der Waals surface area contributed by atoms with Gasteiger partial charge in [0.15, 0.2) is 5.88 Å². The van der Waals surface area contributed by atoms with Crippen molar-refractivity contribution in [2.45, 2.75) is 12.8 Å². The molecule has 2 heterocycles. The lowest BCUT2D eigenvalue weighted by atomic mass is 10.2. The number of nitrogens with one attached hydrogen (secondary N) is 1. The van der Waals surface area contributed by atoms with Crippen molar-refractivity contribution in [3.63, 3.8) is 0 Å². The smallest absolute Gasteiger partial charge is 0.198 e. The van der Waals surface area contributed by atoms with Gasteiger partial charge < -0.3 is 15.0 Å². The van der Waals surface area contributed by atoms with Gasteiger partial charge in [0, 0.05) is 35.4 Å². The van der Waals surface area contributed by atoms with Gasteiger partial charge in [0.05, 0.1) is 16.8 Å². The summed E-state index contributed by atoms with van der Waals surface area (Å²) in [5.41, 5.74) is 3.58. The van der Waals surface area contributed by atoms with Crippen LogP contribution < -0.4 is 4.90 Å². The Morgan fingerprint density at radius 1 is 1.08 bits per heavy atom. The summed E-state index contributed by atoms with van der Waals surface area (Å²) in [4.78, 5) is 9.81. The van der Waals surface area contributed by atoms with Crippen LogP contribution in [0.4, 0.5) is 11.4 Å². The summed E-state index contributed by atoms with van der Waals surface area (Å²) in [6, 6.07) is 13.7. The number of fused-ring (bicyclic) bond motifs is 1. The first-order chi connectivity index (χ1) is 11.7. The molecular weight excluding hydrogens is 322 g/mol. The lowest BCUT2D eigenvalue weighted by Crippen LogP contribution is -2.17. The molecule has 0 atom stereocenters. The maximum atomic E-state index is 10.1. The number of aromatic amines is 1. The number of anilines is 1. The number of aromatic hydroxyl groups is 1. The molecule has 1 aliphatic heterocycles. The lowest BCUT2D eigenvalue weighted by Gasteiger charge is -2.17. The van der Waals surface area contributed by atoms with E-state index in [9.17, 15) is 5.11 Å². The number of halogens is 1. The van der Waals surface area contributed by atoms with Gasteiger partial charge in [0.2, 0.25) is 0 Å². The largest absolute Gasteiger partial charge is 0.494 e. The van der Waals surface area contributed by atoms with Gasteiger partial charge >= 0.3 is 0 Å². The number of hydrogen-bond acceptors (Lipinski definition) is 3. The molecule has 0 spiro atoms. The molecule has 1 aliphatic rings. The zero-order valence-electron chi connectivity index (χ0n) is 13.2. The Balaban J connectivity index is 1.59. The van der Waals surface area contributed by atoms with Crippen LogP contribution >= 0.6 is 11.6 Å². The van der Waals surface area contributed by atoms with Crippen molar-refractivity contribution in [3.05, 3.63) is 53.1 Å². The van der Waals surface area contributed by atoms with E-state index >= 15 is 0 Å². The third-order valence-electron chi connectivity index (χ3n) is 4.44. The molecule has 5 heteroatoms. The van der Waals surface area contributed by atoms with Crippen LogP contribution in [-0.4, -0.2) is 29.4 Å². The van der Waals surface area contributed by atoms with E-state index in [-0.39, 0.29) is 5.88 Å². The van der Waals surface area contributed by atoms with Crippen molar-refractivity contribution in [2.24, 2.45) is 4.99 Å². The molecule has 2 N–H and O–H groups in total. The molecule has 24 heavy (non-hydrogen) atoms. The summed E-state index contributed by atoms with van der Waals surface area (Å²) < 4.78 is 0. The Morgan fingerprint density at radius 2 is 1.83 bits per heavy atom. The second-order valence-corrected chi connectivity index (χ2v) is 6.48. The number of nitrogens with zero attached hydrogens (tertiary/aromatic N) is 2. The number of rotatable bonds is 3. The zero-order chi connectivity index (χ0) is 16.5. The quantitative estimate of drug-likeness (QED) is 0.668. The predicted octanol–water partition coefficient (Wildman–Crippen LogP) is 4.88. The standard InChI is InChI=1S/C19H18ClN3O/c20-13-3-8-16-17(19(24)22-18(16)11-13)12-21-14-4-6-15(7-5-14)23-9-1-2-10-23/h3-8,11-12,22,24H,1-2,9-10H2. The van der Waals surface area contributed by atoms with Crippen molar-refractivity contribution < 1.29 is 5.11 Å². The summed E-state index contributed by atoms with van der Waals surface area (Å²) in [7, 11) is 0. The molecule has 4 nitrogen and oxygen atoms in total. The third kappa shape index (κ3) is 2.85. The fourth-order valence-corrected chi connectivity index (χ4v) is 3.34. The van der Waals surface area contributed by atoms with E-state index in [1.807, 2.05) is 18.2 Å². The topological polar surface area (TPSA) is 51.6 Å². The van der Waals surface area contributed by atoms with Crippen molar-refractivity contribution in [1.29, 1.82) is 0 Å². The van der Waals surface area contributed by atoms with E-state index in [1.54, 1.807) is 18.3 Å². The first-order valence-corrected chi connectivity index (χ1v) is 8.48. The van der Waals surface area contributed by atoms with Crippen LogP contribution in [0, 0.1) is 0 Å². The highest BCUT2D eigenvalue weighted by molar-refractivity contribution is 6.31. The van der Waals surface area contributed by atoms with Crippen molar-refractivity contribution in [2.75, 3.05) is 18.0 Å². The Morgan fingerprint density at radius 3 is 2.58 bits per heavy atom. The van der Waals surface area contributed by atoms with Gasteiger partial charge in [0.25, 0.3) is 0 Å². The number of hydrogen-bond donors (Lipinski definition) is 2. The van der Waals surface area contributed by atoms with Crippen LogP contribution in [0.2, 0.25) is 5.02 Å². The van der Waals surface area contributed by atoms with E-state index in [4.69, 9.17) is 11.6 Å². The number of aromatic nitrogens is 1. The van der Waals surface area contributed by atoms with Gasteiger partial charge in [-0.3, -0.25) is 4.99 Å². The van der Waals surface area contributed by atoms with Crippen LogP contribution in [0.1, 0.15) is 18.4 Å². The summed E-state index contributed by atoms with van der Waals surface area (Å²) in [5.74, 6) is 0.102. The highest BCUT2D eigenvalue weighted by Gasteiger charge is 2.12. The van der Waals surface area contributed by atoms with E-state index in [0.29, 0.717) is 10.6 Å². The highest BCUT2D eigenvalue weighted by Crippen LogP contribution is 2.29. The van der Waals surface area contributed by atoms with Gasteiger partial charge in [-0.1, -0.05) is 17.7 Å². The fourth-order valence-electron chi connectivity index (χ4n) is 3.17. The van der Waals surface area contributed by atoms with Gasteiger partial charge in [-0.05, 0) is 49.2 Å². The Labute approximate surface area is 145 Å². The van der Waals surface area contributed by atoms with Gasteiger partial charge in [-0.25, -0.2) is 0 Å². The minimum absolute atomic E-state index is 0.102. The van der Waals surface area contributed by atoms with Crippen LogP contribution in [0.3, 0.4) is 0 Å². The molecule has 1 fully saturated rings. The van der Waals surface area contributed by atoms with Crippen molar-refractivity contribution >= 4 is 40.1 Å². The molecule has 2 aromatic carbocycles. The van der Waals surface area contributed by atoms with Gasteiger partial charge in [-0.2, -0.15) is 0 Å². The van der Waals surface area contributed by atoms with E-state index in [1.165, 1.54) is 18.5 Å². The average Bonchev–Trinajstić information content (AvgIpc) is 3.21. The van der Waals surface area contributed by atoms with E-state index in [0.717, 1.165) is 29.7 Å². The Bertz CT molecular complexity index is 893. The normalized spacial score (nSPS) is 15.0. The van der Waals surface area contributed by atoms with Crippen LogP contribution in [-0.2, 0) is 0 Å². The van der Waals surface area contributed by atoms with Crippen LogP contribution in [0.5, 0.6) is 5.88 Å². The zero-order valence-corrected chi connectivity index (χ0v) is 13.9. The second-order valence-electron chi connectivity index (χ2n) is 6.05. The molecule has 0 unspecified atom stereocenters. The minimum Gasteiger partial charge on any atom is -0.494 e. The van der Waals surface area contributed by atoms with E-state index < -0.39 is 0 Å². The van der Waals surface area contributed by atoms with E-state index in [2.05, 4.69) is 27.0 Å². The molecule has 1 saturated heterocycles. The summed E-state index contributed by atoms with van der Waals surface area (Å²) in [6.07, 6.45) is 4.22. The average molecular weight is 340 g/mol. The van der Waals surface area contributed by atoms with Gasteiger partial charge in [0.1, 0.15) is 0 Å². The van der Waals surface area contributed by atoms with Crippen LogP contribution in [0.15, 0.2) is 47.5 Å². The Hall–Kier alpha value is -2.46. The van der Waals surface area contributed by atoms with Crippen LogP contribution in [0.25, 0.3) is 10.9 Å².